The summed E-state index contributed by atoms with van der Waals surface area (Å²) in [6, 6.07) is 9.03. The van der Waals surface area contributed by atoms with Crippen molar-refractivity contribution in [1.29, 1.82) is 0 Å². The van der Waals surface area contributed by atoms with Gasteiger partial charge in [-0.1, -0.05) is 0 Å². The molecule has 1 aromatic carbocycles. The van der Waals surface area contributed by atoms with Crippen molar-refractivity contribution in [3.63, 3.8) is 0 Å². The Morgan fingerprint density at radius 2 is 1.91 bits per heavy atom. The minimum Gasteiger partial charge on any atom is -0.325 e. The number of nitrogens with zero attached hydrogens (tertiary/aromatic N) is 2. The first kappa shape index (κ1) is 17.7. The first-order valence-electron chi connectivity index (χ1n) is 7.95. The van der Waals surface area contributed by atoms with E-state index in [1.54, 1.807) is 0 Å². The van der Waals surface area contributed by atoms with Gasteiger partial charge in [0.05, 0.1) is 6.54 Å². The van der Waals surface area contributed by atoms with E-state index in [1.807, 2.05) is 24.3 Å². The number of piperidine rings is 1. The molecule has 0 saturated carbocycles. The van der Waals surface area contributed by atoms with Crippen molar-refractivity contribution in [2.24, 2.45) is 0 Å². The SMILES string of the molecule is CC(C)N1CCC(N(C)CC(=O)Nc2ccc(I)cc2)CC1. The number of likely N-dealkylation sites (tertiary alicyclic amines) is 1. The van der Waals surface area contributed by atoms with E-state index < -0.39 is 0 Å². The fourth-order valence-electron chi connectivity index (χ4n) is 2.93. The van der Waals surface area contributed by atoms with E-state index in [0.29, 0.717) is 18.6 Å². The Hall–Kier alpha value is -0.660. The van der Waals surface area contributed by atoms with E-state index in [0.717, 1.165) is 31.6 Å². The molecule has 1 amide bonds. The van der Waals surface area contributed by atoms with Gasteiger partial charge in [0.2, 0.25) is 5.91 Å². The third-order valence-electron chi connectivity index (χ3n) is 4.37. The zero-order valence-corrected chi connectivity index (χ0v) is 15.8. The predicted molar refractivity (Wildman–Crippen MR) is 100 cm³/mol. The quantitative estimate of drug-likeness (QED) is 0.752. The highest BCUT2D eigenvalue weighted by atomic mass is 127. The summed E-state index contributed by atoms with van der Waals surface area (Å²) in [5.41, 5.74) is 0.869. The van der Waals surface area contributed by atoms with Crippen LogP contribution in [0.2, 0.25) is 0 Å². The van der Waals surface area contributed by atoms with Crippen LogP contribution in [-0.4, -0.2) is 54.5 Å². The summed E-state index contributed by atoms with van der Waals surface area (Å²) in [4.78, 5) is 16.9. The maximum atomic E-state index is 12.2. The summed E-state index contributed by atoms with van der Waals surface area (Å²) >= 11 is 2.26. The number of hydrogen-bond donors (Lipinski definition) is 1. The van der Waals surface area contributed by atoms with Crippen molar-refractivity contribution in [2.75, 3.05) is 32.0 Å². The molecule has 1 heterocycles. The van der Waals surface area contributed by atoms with Crippen molar-refractivity contribution in [3.05, 3.63) is 27.8 Å². The van der Waals surface area contributed by atoms with Crippen molar-refractivity contribution >= 4 is 34.2 Å². The molecule has 1 saturated heterocycles. The molecule has 0 aliphatic carbocycles. The lowest BCUT2D eigenvalue weighted by atomic mass is 10.0. The average molecular weight is 415 g/mol. The smallest absolute Gasteiger partial charge is 0.238 e. The van der Waals surface area contributed by atoms with E-state index in [2.05, 4.69) is 58.6 Å². The van der Waals surface area contributed by atoms with Crippen molar-refractivity contribution in [1.82, 2.24) is 9.80 Å². The molecule has 2 rings (SSSR count). The van der Waals surface area contributed by atoms with Crippen molar-refractivity contribution < 1.29 is 4.79 Å². The molecule has 0 atom stereocenters. The Labute approximate surface area is 147 Å². The molecule has 1 aliphatic rings. The van der Waals surface area contributed by atoms with Crippen LogP contribution in [0.25, 0.3) is 0 Å². The largest absolute Gasteiger partial charge is 0.325 e. The highest BCUT2D eigenvalue weighted by Gasteiger charge is 2.24. The van der Waals surface area contributed by atoms with E-state index in [-0.39, 0.29) is 5.91 Å². The third-order valence-corrected chi connectivity index (χ3v) is 5.09. The topological polar surface area (TPSA) is 35.6 Å². The Kier molecular flexibility index (Phi) is 6.65. The molecule has 22 heavy (non-hydrogen) atoms. The molecule has 5 heteroatoms. The lowest BCUT2D eigenvalue weighted by Crippen LogP contribution is -2.47. The number of halogens is 1. The van der Waals surface area contributed by atoms with Gasteiger partial charge in [0.15, 0.2) is 0 Å². The standard InChI is InChI=1S/C17H26IN3O/c1-13(2)21-10-8-16(9-11-21)20(3)12-17(22)19-15-6-4-14(18)5-7-15/h4-7,13,16H,8-12H2,1-3H3,(H,19,22). The molecular weight excluding hydrogens is 389 g/mol. The Bertz CT molecular complexity index is 481. The maximum absolute atomic E-state index is 12.2. The van der Waals surface area contributed by atoms with Gasteiger partial charge in [0.1, 0.15) is 0 Å². The van der Waals surface area contributed by atoms with E-state index >= 15 is 0 Å². The second-order valence-corrected chi connectivity index (χ2v) is 7.58. The number of rotatable bonds is 5. The van der Waals surface area contributed by atoms with Gasteiger partial charge in [-0.05, 0) is 93.7 Å². The van der Waals surface area contributed by atoms with Gasteiger partial charge in [0, 0.05) is 21.3 Å². The minimum absolute atomic E-state index is 0.0648. The van der Waals surface area contributed by atoms with Crippen LogP contribution in [0.15, 0.2) is 24.3 Å². The molecule has 1 aliphatic heterocycles. The number of carbonyl (C=O) groups excluding carboxylic acids is 1. The highest BCUT2D eigenvalue weighted by Crippen LogP contribution is 2.17. The van der Waals surface area contributed by atoms with Crippen molar-refractivity contribution in [2.45, 2.75) is 38.8 Å². The second kappa shape index (κ2) is 8.26. The average Bonchev–Trinajstić information content (AvgIpc) is 2.49. The lowest BCUT2D eigenvalue weighted by molar-refractivity contribution is -0.117. The van der Waals surface area contributed by atoms with Crippen molar-refractivity contribution in [3.8, 4) is 0 Å². The molecule has 122 valence electrons. The van der Waals surface area contributed by atoms with Crippen LogP contribution < -0.4 is 5.32 Å². The van der Waals surface area contributed by atoms with Gasteiger partial charge in [-0.2, -0.15) is 0 Å². The zero-order chi connectivity index (χ0) is 16.1. The Morgan fingerprint density at radius 1 is 1.32 bits per heavy atom. The molecule has 1 aromatic rings. The van der Waals surface area contributed by atoms with Crippen LogP contribution in [0.1, 0.15) is 26.7 Å². The van der Waals surface area contributed by atoms with Crippen LogP contribution in [0.3, 0.4) is 0 Å². The third kappa shape index (κ3) is 5.21. The van der Waals surface area contributed by atoms with Gasteiger partial charge in [-0.25, -0.2) is 0 Å². The molecule has 0 aromatic heterocycles. The molecule has 0 radical (unpaired) electrons. The summed E-state index contributed by atoms with van der Waals surface area (Å²) in [5.74, 6) is 0.0648. The number of hydrogen-bond acceptors (Lipinski definition) is 3. The van der Waals surface area contributed by atoms with Gasteiger partial charge in [0.25, 0.3) is 0 Å². The van der Waals surface area contributed by atoms with E-state index in [4.69, 9.17) is 0 Å². The number of amides is 1. The number of anilines is 1. The molecule has 4 nitrogen and oxygen atoms in total. The lowest BCUT2D eigenvalue weighted by Gasteiger charge is -2.38. The van der Waals surface area contributed by atoms with Crippen LogP contribution in [-0.2, 0) is 4.79 Å². The predicted octanol–water partition coefficient (Wildman–Crippen LogP) is 3.03. The summed E-state index contributed by atoms with van der Waals surface area (Å²) in [6.07, 6.45) is 2.29. The van der Waals surface area contributed by atoms with Crippen LogP contribution in [0.4, 0.5) is 5.69 Å². The molecule has 0 spiro atoms. The van der Waals surface area contributed by atoms with Crippen LogP contribution in [0.5, 0.6) is 0 Å². The molecule has 1 N–H and O–H groups in total. The molecule has 0 unspecified atom stereocenters. The summed E-state index contributed by atoms with van der Waals surface area (Å²) < 4.78 is 1.17. The van der Waals surface area contributed by atoms with Gasteiger partial charge in [-0.3, -0.25) is 9.69 Å². The van der Waals surface area contributed by atoms with Crippen LogP contribution >= 0.6 is 22.6 Å². The number of carbonyl (C=O) groups is 1. The van der Waals surface area contributed by atoms with Gasteiger partial charge in [-0.15, -0.1) is 0 Å². The minimum atomic E-state index is 0.0648. The first-order valence-corrected chi connectivity index (χ1v) is 9.03. The molecular formula is C17H26IN3O. The summed E-state index contributed by atoms with van der Waals surface area (Å²) in [7, 11) is 2.06. The molecule has 1 fully saturated rings. The van der Waals surface area contributed by atoms with E-state index in [9.17, 15) is 4.79 Å². The highest BCUT2D eigenvalue weighted by molar-refractivity contribution is 14.1. The van der Waals surface area contributed by atoms with Gasteiger partial charge >= 0.3 is 0 Å². The van der Waals surface area contributed by atoms with Crippen LogP contribution in [0, 0.1) is 3.57 Å². The first-order chi connectivity index (χ1) is 10.5. The van der Waals surface area contributed by atoms with Gasteiger partial charge < -0.3 is 10.2 Å². The number of likely N-dealkylation sites (N-methyl/N-ethyl adjacent to an activating group) is 1. The number of nitrogens with one attached hydrogen (secondary N) is 1. The normalized spacial score (nSPS) is 17.2. The zero-order valence-electron chi connectivity index (χ0n) is 13.7. The second-order valence-electron chi connectivity index (χ2n) is 6.33. The molecule has 0 bridgehead atoms. The summed E-state index contributed by atoms with van der Waals surface area (Å²) in [6.45, 7) is 7.21. The Morgan fingerprint density at radius 3 is 2.45 bits per heavy atom. The monoisotopic (exact) mass is 415 g/mol. The maximum Gasteiger partial charge on any atom is 0.238 e. The van der Waals surface area contributed by atoms with E-state index in [1.165, 1.54) is 3.57 Å². The fraction of sp³-hybridized carbons (Fsp3) is 0.588. The summed E-state index contributed by atoms with van der Waals surface area (Å²) in [5, 5.41) is 2.97. The fourth-order valence-corrected chi connectivity index (χ4v) is 3.29. The number of benzene rings is 1. The Balaban J connectivity index is 1.78.